The summed E-state index contributed by atoms with van der Waals surface area (Å²) in [5, 5.41) is 1.17. The van der Waals surface area contributed by atoms with Crippen LogP contribution in [0.25, 0.3) is 10.9 Å². The number of benzene rings is 1. The van der Waals surface area contributed by atoms with Gasteiger partial charge in [0.15, 0.2) is 0 Å². The second-order valence-electron chi connectivity index (χ2n) is 3.44. The van der Waals surface area contributed by atoms with Crippen molar-refractivity contribution in [1.29, 1.82) is 0 Å². The third kappa shape index (κ3) is 1.36. The van der Waals surface area contributed by atoms with Crippen molar-refractivity contribution in [2.45, 2.75) is 13.0 Å². The van der Waals surface area contributed by atoms with Gasteiger partial charge in [0, 0.05) is 29.2 Å². The fraction of sp³-hybridized carbons (Fsp3) is 0.273. The van der Waals surface area contributed by atoms with E-state index in [1.165, 1.54) is 5.39 Å². The van der Waals surface area contributed by atoms with Crippen LogP contribution < -0.4 is 10.5 Å². The number of ether oxygens (including phenoxy) is 1. The molecule has 1 aromatic heterocycles. The molecule has 3 nitrogen and oxygen atoms in total. The highest BCUT2D eigenvalue weighted by atomic mass is 16.5. The predicted molar refractivity (Wildman–Crippen MR) is 57.5 cm³/mol. The number of H-pyrrole nitrogens is 1. The Morgan fingerprint density at radius 2 is 2.21 bits per heavy atom. The molecule has 1 unspecified atom stereocenters. The Labute approximate surface area is 82.9 Å². The molecule has 0 fully saturated rings. The standard InChI is InChI=1S/C11H14N2O/c1-7(12)10-6-13-11-5-8(14-2)3-4-9(10)11/h3-7,13H,12H2,1-2H3. The van der Waals surface area contributed by atoms with Crippen LogP contribution >= 0.6 is 0 Å². The minimum absolute atomic E-state index is 0.0529. The SMILES string of the molecule is COc1ccc2c(C(C)N)c[nH]c2c1. The van der Waals surface area contributed by atoms with Crippen molar-refractivity contribution in [3.63, 3.8) is 0 Å². The van der Waals surface area contributed by atoms with Crippen LogP contribution in [0.3, 0.4) is 0 Å². The lowest BCUT2D eigenvalue weighted by Crippen LogP contribution is -2.03. The minimum atomic E-state index is 0.0529. The average Bonchev–Trinajstić information content (AvgIpc) is 2.59. The Bertz CT molecular complexity index is 445. The molecule has 2 aromatic rings. The molecule has 0 amide bonds. The normalized spacial score (nSPS) is 13.1. The third-order valence-corrected chi connectivity index (χ3v) is 2.41. The van der Waals surface area contributed by atoms with Crippen molar-refractivity contribution >= 4 is 10.9 Å². The van der Waals surface area contributed by atoms with E-state index >= 15 is 0 Å². The molecule has 3 N–H and O–H groups in total. The average molecular weight is 190 g/mol. The zero-order chi connectivity index (χ0) is 10.1. The number of methoxy groups -OCH3 is 1. The van der Waals surface area contributed by atoms with Gasteiger partial charge in [-0.25, -0.2) is 0 Å². The number of aromatic amines is 1. The van der Waals surface area contributed by atoms with E-state index in [2.05, 4.69) is 4.98 Å². The zero-order valence-electron chi connectivity index (χ0n) is 8.37. The maximum absolute atomic E-state index is 5.84. The van der Waals surface area contributed by atoms with Gasteiger partial charge in [0.25, 0.3) is 0 Å². The Morgan fingerprint density at radius 1 is 1.43 bits per heavy atom. The number of hydrogen-bond donors (Lipinski definition) is 2. The molecule has 0 spiro atoms. The van der Waals surface area contributed by atoms with Gasteiger partial charge in [-0.15, -0.1) is 0 Å². The predicted octanol–water partition coefficient (Wildman–Crippen LogP) is 2.20. The molecule has 0 bridgehead atoms. The Morgan fingerprint density at radius 3 is 2.86 bits per heavy atom. The van der Waals surface area contributed by atoms with Gasteiger partial charge in [0.1, 0.15) is 5.75 Å². The number of fused-ring (bicyclic) bond motifs is 1. The summed E-state index contributed by atoms with van der Waals surface area (Å²) in [4.78, 5) is 3.18. The van der Waals surface area contributed by atoms with Gasteiger partial charge in [-0.05, 0) is 24.6 Å². The summed E-state index contributed by atoms with van der Waals surface area (Å²) in [5.41, 5.74) is 8.05. The molecule has 0 saturated heterocycles. The summed E-state index contributed by atoms with van der Waals surface area (Å²) in [5.74, 6) is 0.857. The number of hydrogen-bond acceptors (Lipinski definition) is 2. The van der Waals surface area contributed by atoms with E-state index in [1.807, 2.05) is 31.3 Å². The van der Waals surface area contributed by atoms with Crippen LogP contribution in [0.1, 0.15) is 18.5 Å². The van der Waals surface area contributed by atoms with Crippen molar-refractivity contribution in [3.05, 3.63) is 30.0 Å². The minimum Gasteiger partial charge on any atom is -0.497 e. The van der Waals surface area contributed by atoms with Crippen molar-refractivity contribution in [1.82, 2.24) is 4.98 Å². The van der Waals surface area contributed by atoms with E-state index in [9.17, 15) is 0 Å². The van der Waals surface area contributed by atoms with Crippen molar-refractivity contribution in [2.75, 3.05) is 7.11 Å². The lowest BCUT2D eigenvalue weighted by molar-refractivity contribution is 0.415. The summed E-state index contributed by atoms with van der Waals surface area (Å²) in [7, 11) is 1.66. The van der Waals surface area contributed by atoms with Crippen molar-refractivity contribution in [3.8, 4) is 5.75 Å². The number of nitrogens with two attached hydrogens (primary N) is 1. The van der Waals surface area contributed by atoms with Gasteiger partial charge in [0.05, 0.1) is 7.11 Å². The molecule has 1 heterocycles. The van der Waals surface area contributed by atoms with Crippen LogP contribution in [0, 0.1) is 0 Å². The summed E-state index contributed by atoms with van der Waals surface area (Å²) in [6.07, 6.45) is 1.95. The fourth-order valence-electron chi connectivity index (χ4n) is 1.63. The first-order chi connectivity index (χ1) is 6.72. The molecule has 0 radical (unpaired) electrons. The largest absolute Gasteiger partial charge is 0.497 e. The highest BCUT2D eigenvalue weighted by Crippen LogP contribution is 2.25. The van der Waals surface area contributed by atoms with Crippen LogP contribution in [-0.4, -0.2) is 12.1 Å². The first-order valence-electron chi connectivity index (χ1n) is 4.63. The monoisotopic (exact) mass is 190 g/mol. The van der Waals surface area contributed by atoms with E-state index in [4.69, 9.17) is 10.5 Å². The van der Waals surface area contributed by atoms with E-state index in [-0.39, 0.29) is 6.04 Å². The van der Waals surface area contributed by atoms with Crippen LogP contribution in [-0.2, 0) is 0 Å². The van der Waals surface area contributed by atoms with Gasteiger partial charge < -0.3 is 15.5 Å². The number of rotatable bonds is 2. The highest BCUT2D eigenvalue weighted by molar-refractivity contribution is 5.84. The molecule has 0 saturated carbocycles. The third-order valence-electron chi connectivity index (χ3n) is 2.41. The molecule has 0 aliphatic rings. The molecular formula is C11H14N2O. The summed E-state index contributed by atoms with van der Waals surface area (Å²) in [6.45, 7) is 1.98. The van der Waals surface area contributed by atoms with Gasteiger partial charge in [-0.3, -0.25) is 0 Å². The van der Waals surface area contributed by atoms with E-state index in [0.29, 0.717) is 0 Å². The van der Waals surface area contributed by atoms with Crippen molar-refractivity contribution in [2.24, 2.45) is 5.73 Å². The van der Waals surface area contributed by atoms with Gasteiger partial charge in [0.2, 0.25) is 0 Å². The molecule has 1 atom stereocenters. The Balaban J connectivity index is 2.59. The highest BCUT2D eigenvalue weighted by Gasteiger charge is 2.07. The van der Waals surface area contributed by atoms with Crippen LogP contribution in [0.2, 0.25) is 0 Å². The summed E-state index contributed by atoms with van der Waals surface area (Å²) in [6, 6.07) is 6.00. The topological polar surface area (TPSA) is 51.0 Å². The maximum atomic E-state index is 5.84. The smallest absolute Gasteiger partial charge is 0.120 e. The number of nitrogens with one attached hydrogen (secondary N) is 1. The Kier molecular flexibility index (Phi) is 2.17. The van der Waals surface area contributed by atoms with E-state index in [0.717, 1.165) is 16.8 Å². The first kappa shape index (κ1) is 9.09. The molecule has 2 rings (SSSR count). The second-order valence-corrected chi connectivity index (χ2v) is 3.44. The molecule has 74 valence electrons. The molecule has 1 aromatic carbocycles. The molecule has 0 aliphatic heterocycles. The summed E-state index contributed by atoms with van der Waals surface area (Å²) >= 11 is 0. The van der Waals surface area contributed by atoms with Gasteiger partial charge in [-0.1, -0.05) is 0 Å². The van der Waals surface area contributed by atoms with Crippen molar-refractivity contribution < 1.29 is 4.74 Å². The maximum Gasteiger partial charge on any atom is 0.120 e. The summed E-state index contributed by atoms with van der Waals surface area (Å²) < 4.78 is 5.14. The van der Waals surface area contributed by atoms with Crippen LogP contribution in [0.4, 0.5) is 0 Å². The number of aromatic nitrogens is 1. The van der Waals surface area contributed by atoms with Gasteiger partial charge in [-0.2, -0.15) is 0 Å². The second kappa shape index (κ2) is 3.35. The van der Waals surface area contributed by atoms with Crippen LogP contribution in [0.15, 0.2) is 24.4 Å². The molecular weight excluding hydrogens is 176 g/mol. The zero-order valence-corrected chi connectivity index (χ0v) is 8.37. The van der Waals surface area contributed by atoms with E-state index < -0.39 is 0 Å². The first-order valence-corrected chi connectivity index (χ1v) is 4.63. The Hall–Kier alpha value is -1.48. The fourth-order valence-corrected chi connectivity index (χ4v) is 1.63. The quantitative estimate of drug-likeness (QED) is 0.762. The molecule has 0 aliphatic carbocycles. The molecule has 14 heavy (non-hydrogen) atoms. The lowest BCUT2D eigenvalue weighted by atomic mass is 10.1. The lowest BCUT2D eigenvalue weighted by Gasteiger charge is -2.03. The van der Waals surface area contributed by atoms with E-state index in [1.54, 1.807) is 7.11 Å². The molecule has 3 heteroatoms. The van der Waals surface area contributed by atoms with Gasteiger partial charge >= 0.3 is 0 Å². The van der Waals surface area contributed by atoms with Crippen LogP contribution in [0.5, 0.6) is 5.75 Å².